The standard InChI is InChI=1S/4C5H10O3/c4*1-3-7-5(6)8-4-2/h4*3-4H2,1-2H3. The molecule has 0 heterocycles. The predicted molar refractivity (Wildman–Crippen MR) is 115 cm³/mol. The van der Waals surface area contributed by atoms with Crippen molar-refractivity contribution in [3.05, 3.63) is 0 Å². The average molecular weight is 473 g/mol. The third kappa shape index (κ3) is 41.4. The highest BCUT2D eigenvalue weighted by Crippen LogP contribution is 1.83. The lowest BCUT2D eigenvalue weighted by Crippen LogP contribution is -2.05. The van der Waals surface area contributed by atoms with Gasteiger partial charge in [-0.05, 0) is 55.4 Å². The van der Waals surface area contributed by atoms with E-state index in [0.717, 1.165) is 0 Å². The first-order valence-corrected chi connectivity index (χ1v) is 10.4. The molecule has 0 spiro atoms. The number of carbonyl (C=O) groups excluding carboxylic acids is 4. The van der Waals surface area contributed by atoms with E-state index in [1.807, 2.05) is 0 Å². The van der Waals surface area contributed by atoms with Gasteiger partial charge in [-0.15, -0.1) is 0 Å². The molecule has 0 saturated carbocycles. The highest BCUT2D eigenvalue weighted by Gasteiger charge is 1.98. The summed E-state index contributed by atoms with van der Waals surface area (Å²) in [7, 11) is 0. The molecular weight excluding hydrogens is 432 g/mol. The van der Waals surface area contributed by atoms with E-state index in [9.17, 15) is 19.2 Å². The van der Waals surface area contributed by atoms with Crippen LogP contribution in [0.25, 0.3) is 0 Å². The quantitative estimate of drug-likeness (QED) is 0.356. The van der Waals surface area contributed by atoms with Gasteiger partial charge in [0.2, 0.25) is 0 Å². The largest absolute Gasteiger partial charge is 0.508 e. The molecule has 12 nitrogen and oxygen atoms in total. The Labute approximate surface area is 190 Å². The molecule has 32 heavy (non-hydrogen) atoms. The number of carbonyl (C=O) groups is 4. The molecule has 0 atom stereocenters. The van der Waals surface area contributed by atoms with Crippen molar-refractivity contribution in [1.29, 1.82) is 0 Å². The summed E-state index contributed by atoms with van der Waals surface area (Å²) in [5.41, 5.74) is 0. The molecule has 0 fully saturated rings. The van der Waals surface area contributed by atoms with Crippen LogP contribution in [0.4, 0.5) is 19.2 Å². The van der Waals surface area contributed by atoms with Crippen LogP contribution in [0.2, 0.25) is 0 Å². The molecule has 0 aromatic rings. The molecule has 0 unspecified atom stereocenters. The van der Waals surface area contributed by atoms with Crippen LogP contribution in [0.3, 0.4) is 0 Å². The van der Waals surface area contributed by atoms with Crippen LogP contribution in [0.15, 0.2) is 0 Å². The molecule has 0 radical (unpaired) electrons. The zero-order chi connectivity index (χ0) is 25.6. The van der Waals surface area contributed by atoms with Gasteiger partial charge in [-0.25, -0.2) is 19.2 Å². The summed E-state index contributed by atoms with van der Waals surface area (Å²) < 4.78 is 35.4. The van der Waals surface area contributed by atoms with Crippen molar-refractivity contribution >= 4 is 24.6 Å². The highest BCUT2D eigenvalue weighted by atomic mass is 16.7. The summed E-state index contributed by atoms with van der Waals surface area (Å²) in [6.45, 7) is 16.9. The maximum absolute atomic E-state index is 10.2. The second-order valence-corrected chi connectivity index (χ2v) is 4.46. The van der Waals surface area contributed by atoms with Gasteiger partial charge in [0.05, 0.1) is 52.9 Å². The van der Waals surface area contributed by atoms with Crippen molar-refractivity contribution < 1.29 is 57.1 Å². The Bertz CT molecular complexity index is 328. The van der Waals surface area contributed by atoms with Gasteiger partial charge in [0.15, 0.2) is 0 Å². The number of ether oxygens (including phenoxy) is 8. The third-order valence-electron chi connectivity index (χ3n) is 2.10. The summed E-state index contributed by atoms with van der Waals surface area (Å²) in [5.74, 6) is 0. The molecule has 0 aliphatic heterocycles. The van der Waals surface area contributed by atoms with Gasteiger partial charge in [-0.3, -0.25) is 0 Å². The van der Waals surface area contributed by atoms with E-state index in [1.54, 1.807) is 55.4 Å². The second kappa shape index (κ2) is 32.7. The van der Waals surface area contributed by atoms with Crippen LogP contribution >= 0.6 is 0 Å². The van der Waals surface area contributed by atoms with Crippen LogP contribution in [-0.2, 0) is 37.9 Å². The molecule has 12 heteroatoms. The van der Waals surface area contributed by atoms with Crippen molar-refractivity contribution in [2.75, 3.05) is 52.9 Å². The van der Waals surface area contributed by atoms with Gasteiger partial charge in [0.1, 0.15) is 0 Å². The second-order valence-electron chi connectivity index (χ2n) is 4.46. The van der Waals surface area contributed by atoms with Crippen molar-refractivity contribution in [3.63, 3.8) is 0 Å². The van der Waals surface area contributed by atoms with E-state index in [-0.39, 0.29) is 0 Å². The first kappa shape index (κ1) is 36.5. The Morgan fingerprint density at radius 3 is 0.469 bits per heavy atom. The van der Waals surface area contributed by atoms with E-state index in [2.05, 4.69) is 37.9 Å². The minimum atomic E-state index is -0.588. The van der Waals surface area contributed by atoms with Crippen molar-refractivity contribution in [3.8, 4) is 0 Å². The molecule has 192 valence electrons. The van der Waals surface area contributed by atoms with Gasteiger partial charge in [-0.1, -0.05) is 0 Å². The summed E-state index contributed by atoms with van der Waals surface area (Å²) in [5, 5.41) is 0. The topological polar surface area (TPSA) is 142 Å². The fourth-order valence-electron chi connectivity index (χ4n) is 1.11. The van der Waals surface area contributed by atoms with E-state index in [4.69, 9.17) is 0 Å². The van der Waals surface area contributed by atoms with Crippen LogP contribution < -0.4 is 0 Å². The molecule has 0 aromatic carbocycles. The lowest BCUT2D eigenvalue weighted by atomic mass is 10.8. The van der Waals surface area contributed by atoms with Crippen LogP contribution in [0.5, 0.6) is 0 Å². The van der Waals surface area contributed by atoms with Gasteiger partial charge >= 0.3 is 24.6 Å². The highest BCUT2D eigenvalue weighted by molar-refractivity contribution is 5.60. The summed E-state index contributed by atoms with van der Waals surface area (Å²) >= 11 is 0. The fraction of sp³-hybridized carbons (Fsp3) is 0.800. The lowest BCUT2D eigenvalue weighted by molar-refractivity contribution is 0.0620. The lowest BCUT2D eigenvalue weighted by Gasteiger charge is -1.98. The van der Waals surface area contributed by atoms with Crippen LogP contribution in [-0.4, -0.2) is 77.5 Å². The Morgan fingerprint density at radius 1 is 0.312 bits per heavy atom. The first-order chi connectivity index (χ1) is 15.2. The summed E-state index contributed by atoms with van der Waals surface area (Å²) in [6.07, 6.45) is -2.35. The van der Waals surface area contributed by atoms with E-state index >= 15 is 0 Å². The SMILES string of the molecule is CCOC(=O)OCC.CCOC(=O)OCC.CCOC(=O)OCC.CCOC(=O)OCC. The molecule has 0 rings (SSSR count). The van der Waals surface area contributed by atoms with Gasteiger partial charge in [0, 0.05) is 0 Å². The fourth-order valence-corrected chi connectivity index (χ4v) is 1.11. The van der Waals surface area contributed by atoms with Crippen molar-refractivity contribution in [1.82, 2.24) is 0 Å². The molecule has 0 aliphatic carbocycles. The van der Waals surface area contributed by atoms with Gasteiger partial charge < -0.3 is 37.9 Å². The first-order valence-electron chi connectivity index (χ1n) is 10.4. The molecular formula is C20H40O12. The third-order valence-corrected chi connectivity index (χ3v) is 2.10. The number of hydrogen-bond acceptors (Lipinski definition) is 12. The smallest absolute Gasteiger partial charge is 0.435 e. The molecule has 0 bridgehead atoms. The Hall–Kier alpha value is -2.92. The summed E-state index contributed by atoms with van der Waals surface area (Å²) in [6, 6.07) is 0. The molecule has 0 aromatic heterocycles. The van der Waals surface area contributed by atoms with E-state index < -0.39 is 24.6 Å². The zero-order valence-electron chi connectivity index (χ0n) is 20.6. The normalized spacial score (nSPS) is 8.25. The maximum atomic E-state index is 10.2. The summed E-state index contributed by atoms with van der Waals surface area (Å²) in [4.78, 5) is 40.8. The average Bonchev–Trinajstić information content (AvgIpc) is 2.71. The van der Waals surface area contributed by atoms with E-state index in [1.165, 1.54) is 0 Å². The maximum Gasteiger partial charge on any atom is 0.508 e. The number of hydrogen-bond donors (Lipinski definition) is 0. The Balaban J connectivity index is -0.000000163. The van der Waals surface area contributed by atoms with Crippen molar-refractivity contribution in [2.24, 2.45) is 0 Å². The molecule has 0 amide bonds. The van der Waals surface area contributed by atoms with Crippen LogP contribution in [0.1, 0.15) is 55.4 Å². The van der Waals surface area contributed by atoms with Gasteiger partial charge in [-0.2, -0.15) is 0 Å². The predicted octanol–water partition coefficient (Wildman–Crippen LogP) is 4.72. The van der Waals surface area contributed by atoms with Crippen LogP contribution in [0, 0.1) is 0 Å². The number of rotatable bonds is 8. The molecule has 0 N–H and O–H groups in total. The zero-order valence-corrected chi connectivity index (χ0v) is 20.6. The monoisotopic (exact) mass is 472 g/mol. The van der Waals surface area contributed by atoms with Crippen molar-refractivity contribution in [2.45, 2.75) is 55.4 Å². The Morgan fingerprint density at radius 2 is 0.406 bits per heavy atom. The minimum Gasteiger partial charge on any atom is -0.435 e. The van der Waals surface area contributed by atoms with E-state index in [0.29, 0.717) is 52.9 Å². The molecule has 0 aliphatic rings. The molecule has 0 saturated heterocycles. The minimum absolute atomic E-state index is 0.374. The Kier molecular flexibility index (Phi) is 37.3. The van der Waals surface area contributed by atoms with Gasteiger partial charge in [0.25, 0.3) is 0 Å².